The minimum absolute atomic E-state index is 0.0548. The van der Waals surface area contributed by atoms with Crippen molar-refractivity contribution in [2.45, 2.75) is 13.3 Å². The number of rotatable bonds is 3. The average Bonchev–Trinajstić information content (AvgIpc) is 2.48. The first-order valence-electron chi connectivity index (χ1n) is 6.82. The van der Waals surface area contributed by atoms with Crippen LogP contribution >= 0.6 is 0 Å². The van der Waals surface area contributed by atoms with E-state index in [0.717, 1.165) is 22.4 Å². The summed E-state index contributed by atoms with van der Waals surface area (Å²) in [6.07, 6.45) is 0.346. The molecule has 3 heteroatoms. The number of nitrogens with two attached hydrogens (primary N) is 1. The molecule has 0 unspecified atom stereocenters. The van der Waals surface area contributed by atoms with Crippen LogP contribution in [0.2, 0.25) is 0 Å². The van der Waals surface area contributed by atoms with Gasteiger partial charge in [0.25, 0.3) is 0 Å². The highest BCUT2D eigenvalue weighted by molar-refractivity contribution is 5.93. The third-order valence-corrected chi connectivity index (χ3v) is 2.98. The number of hydrogen-bond acceptors (Lipinski definition) is 2. The Labute approximate surface area is 125 Å². The smallest absolute Gasteiger partial charge is 0.228 e. The van der Waals surface area contributed by atoms with Crippen molar-refractivity contribution in [1.29, 1.82) is 0 Å². The SMILES string of the molecule is Cc1ccc(NC(=O)Cc2ccccc2)c(C#CCN)c1. The van der Waals surface area contributed by atoms with Crippen LogP contribution < -0.4 is 11.1 Å². The van der Waals surface area contributed by atoms with Gasteiger partial charge in [-0.05, 0) is 30.2 Å². The molecule has 0 aromatic heterocycles. The summed E-state index contributed by atoms with van der Waals surface area (Å²) in [7, 11) is 0. The Morgan fingerprint density at radius 2 is 1.95 bits per heavy atom. The summed E-state index contributed by atoms with van der Waals surface area (Å²) in [6.45, 7) is 2.29. The van der Waals surface area contributed by atoms with Crippen molar-refractivity contribution in [3.05, 3.63) is 65.2 Å². The third-order valence-electron chi connectivity index (χ3n) is 2.98. The number of anilines is 1. The summed E-state index contributed by atoms with van der Waals surface area (Å²) in [6, 6.07) is 15.4. The molecule has 0 radical (unpaired) electrons. The van der Waals surface area contributed by atoms with Gasteiger partial charge < -0.3 is 11.1 Å². The van der Waals surface area contributed by atoms with E-state index in [1.165, 1.54) is 0 Å². The number of amides is 1. The Bertz CT molecular complexity index is 681. The van der Waals surface area contributed by atoms with Crippen molar-refractivity contribution < 1.29 is 4.79 Å². The first kappa shape index (κ1) is 14.8. The summed E-state index contributed by atoms with van der Waals surface area (Å²) >= 11 is 0. The quantitative estimate of drug-likeness (QED) is 0.848. The number of hydrogen-bond donors (Lipinski definition) is 2. The van der Waals surface area contributed by atoms with E-state index in [2.05, 4.69) is 17.2 Å². The van der Waals surface area contributed by atoms with Crippen molar-refractivity contribution >= 4 is 11.6 Å². The van der Waals surface area contributed by atoms with E-state index in [-0.39, 0.29) is 5.91 Å². The first-order chi connectivity index (χ1) is 10.2. The molecule has 21 heavy (non-hydrogen) atoms. The zero-order chi connectivity index (χ0) is 15.1. The maximum absolute atomic E-state index is 12.1. The normalized spacial score (nSPS) is 9.62. The second-order valence-corrected chi connectivity index (χ2v) is 4.77. The molecule has 3 N–H and O–H groups in total. The lowest BCUT2D eigenvalue weighted by atomic mass is 10.1. The standard InChI is InChI=1S/C18H18N2O/c1-14-9-10-17(16(12-14)8-5-11-19)20-18(21)13-15-6-3-2-4-7-15/h2-4,6-7,9-10,12H,11,13,19H2,1H3,(H,20,21). The van der Waals surface area contributed by atoms with E-state index in [4.69, 9.17) is 5.73 Å². The molecule has 0 bridgehead atoms. The summed E-state index contributed by atoms with van der Waals surface area (Å²) in [5.41, 5.74) is 9.00. The maximum atomic E-state index is 12.1. The highest BCUT2D eigenvalue weighted by Crippen LogP contribution is 2.16. The van der Waals surface area contributed by atoms with E-state index in [0.29, 0.717) is 13.0 Å². The fourth-order valence-electron chi connectivity index (χ4n) is 1.99. The minimum atomic E-state index is -0.0548. The molecular formula is C18H18N2O. The highest BCUT2D eigenvalue weighted by atomic mass is 16.1. The van der Waals surface area contributed by atoms with Crippen LogP contribution in [0, 0.1) is 18.8 Å². The van der Waals surface area contributed by atoms with Gasteiger partial charge in [0, 0.05) is 5.56 Å². The molecule has 0 atom stereocenters. The molecule has 2 rings (SSSR count). The summed E-state index contributed by atoms with van der Waals surface area (Å²) in [5, 5.41) is 2.91. The van der Waals surface area contributed by atoms with Gasteiger partial charge in [-0.15, -0.1) is 0 Å². The molecule has 0 fully saturated rings. The van der Waals surface area contributed by atoms with Gasteiger partial charge in [-0.3, -0.25) is 4.79 Å². The van der Waals surface area contributed by atoms with E-state index in [9.17, 15) is 4.79 Å². The highest BCUT2D eigenvalue weighted by Gasteiger charge is 2.07. The molecule has 0 aliphatic heterocycles. The Morgan fingerprint density at radius 3 is 2.67 bits per heavy atom. The molecule has 2 aromatic carbocycles. The van der Waals surface area contributed by atoms with Crippen LogP contribution in [0.4, 0.5) is 5.69 Å². The van der Waals surface area contributed by atoms with Crippen molar-refractivity contribution in [1.82, 2.24) is 0 Å². The van der Waals surface area contributed by atoms with Crippen LogP contribution in [-0.4, -0.2) is 12.5 Å². The third kappa shape index (κ3) is 4.48. The largest absolute Gasteiger partial charge is 0.325 e. The van der Waals surface area contributed by atoms with E-state index in [1.807, 2.05) is 55.5 Å². The van der Waals surface area contributed by atoms with Gasteiger partial charge >= 0.3 is 0 Å². The van der Waals surface area contributed by atoms with E-state index < -0.39 is 0 Å². The summed E-state index contributed by atoms with van der Waals surface area (Å²) < 4.78 is 0. The van der Waals surface area contributed by atoms with Gasteiger partial charge in [0.05, 0.1) is 18.7 Å². The van der Waals surface area contributed by atoms with Gasteiger partial charge in [0.15, 0.2) is 0 Å². The lowest BCUT2D eigenvalue weighted by molar-refractivity contribution is -0.115. The van der Waals surface area contributed by atoms with Crippen LogP contribution in [0.1, 0.15) is 16.7 Å². The average molecular weight is 278 g/mol. The Kier molecular flexibility index (Phi) is 5.14. The molecule has 0 aliphatic carbocycles. The van der Waals surface area contributed by atoms with Crippen LogP contribution in [0.3, 0.4) is 0 Å². The van der Waals surface area contributed by atoms with Crippen molar-refractivity contribution in [2.24, 2.45) is 5.73 Å². The number of carbonyl (C=O) groups is 1. The van der Waals surface area contributed by atoms with Crippen molar-refractivity contribution in [3.63, 3.8) is 0 Å². The molecule has 2 aromatic rings. The lowest BCUT2D eigenvalue weighted by Crippen LogP contribution is -2.15. The van der Waals surface area contributed by atoms with Crippen LogP contribution in [0.15, 0.2) is 48.5 Å². The van der Waals surface area contributed by atoms with Gasteiger partial charge in [0.1, 0.15) is 0 Å². The van der Waals surface area contributed by atoms with Crippen molar-refractivity contribution in [3.8, 4) is 11.8 Å². The second kappa shape index (κ2) is 7.28. The number of aryl methyl sites for hydroxylation is 1. The molecule has 0 spiro atoms. The van der Waals surface area contributed by atoms with Gasteiger partial charge in [-0.25, -0.2) is 0 Å². The second-order valence-electron chi connectivity index (χ2n) is 4.77. The van der Waals surface area contributed by atoms with Crippen molar-refractivity contribution in [2.75, 3.05) is 11.9 Å². The molecular weight excluding hydrogens is 260 g/mol. The first-order valence-corrected chi connectivity index (χ1v) is 6.82. The number of carbonyl (C=O) groups excluding carboxylic acids is 1. The molecule has 0 saturated carbocycles. The molecule has 3 nitrogen and oxygen atoms in total. The maximum Gasteiger partial charge on any atom is 0.228 e. The Balaban J connectivity index is 2.13. The monoisotopic (exact) mass is 278 g/mol. The van der Waals surface area contributed by atoms with Gasteiger partial charge in [-0.2, -0.15) is 0 Å². The van der Waals surface area contributed by atoms with Crippen LogP contribution in [0.25, 0.3) is 0 Å². The Hall–Kier alpha value is -2.57. The van der Waals surface area contributed by atoms with E-state index in [1.54, 1.807) is 0 Å². The fraction of sp³-hybridized carbons (Fsp3) is 0.167. The van der Waals surface area contributed by atoms with Gasteiger partial charge in [-0.1, -0.05) is 48.2 Å². The minimum Gasteiger partial charge on any atom is -0.325 e. The van der Waals surface area contributed by atoms with Crippen LogP contribution in [0.5, 0.6) is 0 Å². The summed E-state index contributed by atoms with van der Waals surface area (Å²) in [4.78, 5) is 12.1. The van der Waals surface area contributed by atoms with E-state index >= 15 is 0 Å². The van der Waals surface area contributed by atoms with Gasteiger partial charge in [0.2, 0.25) is 5.91 Å². The molecule has 0 aliphatic rings. The number of benzene rings is 2. The molecule has 1 amide bonds. The topological polar surface area (TPSA) is 55.1 Å². The molecule has 0 saturated heterocycles. The molecule has 0 heterocycles. The molecule has 106 valence electrons. The van der Waals surface area contributed by atoms with Crippen LogP contribution in [-0.2, 0) is 11.2 Å². The lowest BCUT2D eigenvalue weighted by Gasteiger charge is -2.08. The zero-order valence-corrected chi connectivity index (χ0v) is 12.0. The fourth-order valence-corrected chi connectivity index (χ4v) is 1.99. The summed E-state index contributed by atoms with van der Waals surface area (Å²) in [5.74, 6) is 5.76. The Morgan fingerprint density at radius 1 is 1.19 bits per heavy atom. The predicted molar refractivity (Wildman–Crippen MR) is 85.9 cm³/mol. The number of nitrogens with one attached hydrogen (secondary N) is 1. The predicted octanol–water partition coefficient (Wildman–Crippen LogP) is 2.49. The zero-order valence-electron chi connectivity index (χ0n) is 12.0.